The van der Waals surface area contributed by atoms with Gasteiger partial charge >= 0.3 is 0 Å². The zero-order chi connectivity index (χ0) is 14.4. The van der Waals surface area contributed by atoms with Gasteiger partial charge in [0.05, 0.1) is 12.6 Å². The Morgan fingerprint density at radius 1 is 1.55 bits per heavy atom. The van der Waals surface area contributed by atoms with Crippen LogP contribution in [0.4, 0.5) is 0 Å². The second-order valence-electron chi connectivity index (χ2n) is 5.92. The summed E-state index contributed by atoms with van der Waals surface area (Å²) in [4.78, 5) is 15.7. The van der Waals surface area contributed by atoms with Crippen LogP contribution in [0, 0.1) is 5.92 Å². The Morgan fingerprint density at radius 3 is 3.00 bits per heavy atom. The Kier molecular flexibility index (Phi) is 6.05. The molecule has 1 fully saturated rings. The van der Waals surface area contributed by atoms with Crippen LogP contribution < -0.4 is 0 Å². The first kappa shape index (κ1) is 15.5. The van der Waals surface area contributed by atoms with Gasteiger partial charge in [0.2, 0.25) is 5.91 Å². The molecule has 1 atom stereocenters. The average Bonchev–Trinajstić information content (AvgIpc) is 3.08. The third kappa shape index (κ3) is 4.91. The summed E-state index contributed by atoms with van der Waals surface area (Å²) in [5, 5.41) is 2.07. The minimum Gasteiger partial charge on any atom is -0.376 e. The summed E-state index contributed by atoms with van der Waals surface area (Å²) in [5.74, 6) is 0.841. The van der Waals surface area contributed by atoms with Gasteiger partial charge in [-0.05, 0) is 36.6 Å². The molecule has 1 amide bonds. The first-order valence-corrected chi connectivity index (χ1v) is 8.45. The highest BCUT2D eigenvalue weighted by Crippen LogP contribution is 2.18. The first-order chi connectivity index (χ1) is 9.65. The van der Waals surface area contributed by atoms with Gasteiger partial charge in [-0.3, -0.25) is 4.79 Å². The number of ether oxygens (including phenoxy) is 1. The van der Waals surface area contributed by atoms with Gasteiger partial charge in [0.15, 0.2) is 0 Å². The molecule has 0 aliphatic carbocycles. The summed E-state index contributed by atoms with van der Waals surface area (Å²) in [6.45, 7) is 6.65. The molecule has 0 radical (unpaired) electrons. The fourth-order valence-electron chi connectivity index (χ4n) is 2.45. The molecule has 0 N–H and O–H groups in total. The number of hydrogen-bond donors (Lipinski definition) is 0. The van der Waals surface area contributed by atoms with Gasteiger partial charge in [0, 0.05) is 24.4 Å². The highest BCUT2D eigenvalue weighted by Gasteiger charge is 2.22. The number of hydrogen-bond acceptors (Lipinski definition) is 3. The van der Waals surface area contributed by atoms with Crippen LogP contribution in [0.3, 0.4) is 0 Å². The minimum atomic E-state index is 0.234. The standard InChI is InChI=1S/C16H25NO2S/c1-13(2)7-8-16(18)17(11-14-5-3-9-19-14)12-15-6-4-10-20-15/h4,6,10,13-14H,3,5,7-9,11-12H2,1-2H3. The molecule has 3 nitrogen and oxygen atoms in total. The Morgan fingerprint density at radius 2 is 2.40 bits per heavy atom. The normalized spacial score (nSPS) is 18.6. The maximum absolute atomic E-state index is 12.4. The molecule has 1 aromatic heterocycles. The molecule has 4 heteroatoms. The zero-order valence-electron chi connectivity index (χ0n) is 12.5. The topological polar surface area (TPSA) is 29.5 Å². The fraction of sp³-hybridized carbons (Fsp3) is 0.688. The van der Waals surface area contributed by atoms with Crippen LogP contribution in [0.1, 0.15) is 44.4 Å². The smallest absolute Gasteiger partial charge is 0.222 e. The molecule has 0 bridgehead atoms. The van der Waals surface area contributed by atoms with E-state index < -0.39 is 0 Å². The van der Waals surface area contributed by atoms with Crippen molar-refractivity contribution in [2.24, 2.45) is 5.92 Å². The van der Waals surface area contributed by atoms with Crippen LogP contribution in [0.2, 0.25) is 0 Å². The molecule has 1 aliphatic heterocycles. The molecular formula is C16H25NO2S. The Labute approximate surface area is 125 Å². The molecule has 112 valence electrons. The SMILES string of the molecule is CC(C)CCC(=O)N(Cc1cccs1)CC1CCCO1. The number of nitrogens with zero attached hydrogens (tertiary/aromatic N) is 1. The van der Waals surface area contributed by atoms with Crippen molar-refractivity contribution in [1.82, 2.24) is 4.90 Å². The summed E-state index contributed by atoms with van der Waals surface area (Å²) in [6, 6.07) is 4.14. The van der Waals surface area contributed by atoms with Crippen LogP contribution >= 0.6 is 11.3 Å². The van der Waals surface area contributed by atoms with Gasteiger partial charge in [0.25, 0.3) is 0 Å². The van der Waals surface area contributed by atoms with E-state index in [4.69, 9.17) is 4.74 Å². The highest BCUT2D eigenvalue weighted by atomic mass is 32.1. The molecule has 1 saturated heterocycles. The van der Waals surface area contributed by atoms with E-state index >= 15 is 0 Å². The lowest BCUT2D eigenvalue weighted by atomic mass is 10.1. The average molecular weight is 295 g/mol. The monoisotopic (exact) mass is 295 g/mol. The van der Waals surface area contributed by atoms with E-state index in [1.165, 1.54) is 4.88 Å². The molecule has 1 unspecified atom stereocenters. The van der Waals surface area contributed by atoms with Gasteiger partial charge in [-0.1, -0.05) is 19.9 Å². The van der Waals surface area contributed by atoms with Gasteiger partial charge in [-0.2, -0.15) is 0 Å². The second-order valence-corrected chi connectivity index (χ2v) is 6.95. The summed E-state index contributed by atoms with van der Waals surface area (Å²) >= 11 is 1.72. The van der Waals surface area contributed by atoms with E-state index in [0.29, 0.717) is 12.3 Å². The van der Waals surface area contributed by atoms with Crippen molar-refractivity contribution in [3.63, 3.8) is 0 Å². The molecule has 0 aromatic carbocycles. The van der Waals surface area contributed by atoms with Crippen molar-refractivity contribution >= 4 is 17.2 Å². The first-order valence-electron chi connectivity index (χ1n) is 7.57. The quantitative estimate of drug-likeness (QED) is 0.768. The summed E-state index contributed by atoms with van der Waals surface area (Å²) in [6.07, 6.45) is 4.05. The number of carbonyl (C=O) groups excluding carboxylic acids is 1. The highest BCUT2D eigenvalue weighted by molar-refractivity contribution is 7.09. The third-order valence-corrected chi connectivity index (χ3v) is 4.52. The van der Waals surface area contributed by atoms with E-state index in [-0.39, 0.29) is 12.0 Å². The molecule has 1 aliphatic rings. The third-order valence-electron chi connectivity index (χ3n) is 3.66. The lowest BCUT2D eigenvalue weighted by molar-refractivity contribution is -0.133. The maximum atomic E-state index is 12.4. The largest absolute Gasteiger partial charge is 0.376 e. The molecule has 20 heavy (non-hydrogen) atoms. The van der Waals surface area contributed by atoms with Crippen LogP contribution in [-0.2, 0) is 16.1 Å². The Bertz CT molecular complexity index is 397. The van der Waals surface area contributed by atoms with Crippen molar-refractivity contribution < 1.29 is 9.53 Å². The van der Waals surface area contributed by atoms with Gasteiger partial charge in [-0.25, -0.2) is 0 Å². The van der Waals surface area contributed by atoms with Crippen LogP contribution in [0.15, 0.2) is 17.5 Å². The van der Waals surface area contributed by atoms with Gasteiger partial charge in [-0.15, -0.1) is 11.3 Å². The predicted molar refractivity (Wildman–Crippen MR) is 82.8 cm³/mol. The molecule has 2 rings (SSSR count). The van der Waals surface area contributed by atoms with Crippen molar-refractivity contribution in [3.8, 4) is 0 Å². The molecule has 1 aromatic rings. The van der Waals surface area contributed by atoms with Gasteiger partial charge in [0.1, 0.15) is 0 Å². The lowest BCUT2D eigenvalue weighted by Crippen LogP contribution is -2.36. The van der Waals surface area contributed by atoms with E-state index in [2.05, 4.69) is 25.3 Å². The zero-order valence-corrected chi connectivity index (χ0v) is 13.3. The molecule has 0 saturated carbocycles. The fourth-order valence-corrected chi connectivity index (χ4v) is 3.17. The number of thiophene rings is 1. The van der Waals surface area contributed by atoms with Crippen molar-refractivity contribution in [2.45, 2.75) is 52.2 Å². The summed E-state index contributed by atoms with van der Waals surface area (Å²) in [5.41, 5.74) is 0. The van der Waals surface area contributed by atoms with E-state index in [1.54, 1.807) is 11.3 Å². The van der Waals surface area contributed by atoms with Crippen LogP contribution in [0.5, 0.6) is 0 Å². The summed E-state index contributed by atoms with van der Waals surface area (Å²) < 4.78 is 5.69. The molecular weight excluding hydrogens is 270 g/mol. The van der Waals surface area contributed by atoms with E-state index in [1.807, 2.05) is 11.0 Å². The van der Waals surface area contributed by atoms with E-state index in [9.17, 15) is 4.79 Å². The predicted octanol–water partition coefficient (Wildman–Crippen LogP) is 3.69. The second kappa shape index (κ2) is 7.79. The maximum Gasteiger partial charge on any atom is 0.222 e. The number of carbonyl (C=O) groups is 1. The van der Waals surface area contributed by atoms with Gasteiger partial charge < -0.3 is 9.64 Å². The van der Waals surface area contributed by atoms with E-state index in [0.717, 1.165) is 39.0 Å². The Balaban J connectivity index is 1.92. The van der Waals surface area contributed by atoms with Crippen LogP contribution in [-0.4, -0.2) is 30.1 Å². The van der Waals surface area contributed by atoms with Crippen molar-refractivity contribution in [1.29, 1.82) is 0 Å². The molecule has 0 spiro atoms. The van der Waals surface area contributed by atoms with Crippen LogP contribution in [0.25, 0.3) is 0 Å². The molecule has 2 heterocycles. The summed E-state index contributed by atoms with van der Waals surface area (Å²) in [7, 11) is 0. The minimum absolute atomic E-state index is 0.234. The lowest BCUT2D eigenvalue weighted by Gasteiger charge is -2.25. The van der Waals surface area contributed by atoms with Crippen molar-refractivity contribution in [3.05, 3.63) is 22.4 Å². The van der Waals surface area contributed by atoms with Crippen molar-refractivity contribution in [2.75, 3.05) is 13.2 Å². The number of amides is 1. The number of rotatable bonds is 7. The Hall–Kier alpha value is -0.870.